The summed E-state index contributed by atoms with van der Waals surface area (Å²) in [4.78, 5) is 16.5. The number of esters is 1. The highest BCUT2D eigenvalue weighted by molar-refractivity contribution is 9.10. The van der Waals surface area contributed by atoms with Crippen molar-refractivity contribution in [1.82, 2.24) is 4.98 Å². The Bertz CT molecular complexity index is 861. The van der Waals surface area contributed by atoms with Crippen LogP contribution in [0.15, 0.2) is 62.4 Å². The lowest BCUT2D eigenvalue weighted by Crippen LogP contribution is -2.14. The molecule has 5 nitrogen and oxygen atoms in total. The molecule has 122 valence electrons. The summed E-state index contributed by atoms with van der Waals surface area (Å²) in [5.74, 6) is -0.510. The number of para-hydroxylation sites is 1. The van der Waals surface area contributed by atoms with Crippen molar-refractivity contribution < 1.29 is 9.53 Å². The first-order valence-electron chi connectivity index (χ1n) is 6.87. The maximum absolute atomic E-state index is 12.0. The molecule has 24 heavy (non-hydrogen) atoms. The van der Waals surface area contributed by atoms with Crippen molar-refractivity contribution in [3.05, 3.63) is 53.0 Å². The number of rotatable bonds is 3. The largest absolute Gasteiger partial charge is 0.464 e. The molecule has 1 aromatic heterocycles. The number of anilines is 1. The van der Waals surface area contributed by atoms with Gasteiger partial charge in [-0.25, -0.2) is 9.78 Å². The fraction of sp³-hybridized carbons (Fsp3) is 0.0625. The molecule has 0 saturated heterocycles. The molecule has 0 spiro atoms. The van der Waals surface area contributed by atoms with Crippen molar-refractivity contribution in [2.75, 3.05) is 12.5 Å². The summed E-state index contributed by atoms with van der Waals surface area (Å²) in [7, 11) is 1.33. The smallest absolute Gasteiger partial charge is 0.365 e. The van der Waals surface area contributed by atoms with Crippen LogP contribution in [0, 0.1) is 0 Å². The van der Waals surface area contributed by atoms with Gasteiger partial charge in [-0.2, -0.15) is 5.10 Å². The molecule has 0 atom stereocenters. The lowest BCUT2D eigenvalue weighted by molar-refractivity contribution is -0.132. The number of carbonyl (C=O) groups excluding carboxylic acids is 1. The summed E-state index contributed by atoms with van der Waals surface area (Å²) >= 11 is 6.06. The van der Waals surface area contributed by atoms with Crippen molar-refractivity contribution in [2.45, 2.75) is 4.34 Å². The van der Waals surface area contributed by atoms with Crippen molar-refractivity contribution >= 4 is 65.9 Å². The third-order valence-electron chi connectivity index (χ3n) is 2.95. The Balaban J connectivity index is 1.81. The van der Waals surface area contributed by atoms with Gasteiger partial charge in [-0.15, -0.1) is 11.3 Å². The van der Waals surface area contributed by atoms with E-state index in [-0.39, 0.29) is 5.04 Å². The van der Waals surface area contributed by atoms with Gasteiger partial charge >= 0.3 is 5.97 Å². The zero-order valence-corrected chi connectivity index (χ0v) is 15.7. The molecule has 0 radical (unpaired) electrons. The van der Waals surface area contributed by atoms with E-state index in [1.807, 2.05) is 48.5 Å². The molecule has 1 heterocycles. The Kier molecular flexibility index (Phi) is 5.49. The third-order valence-corrected chi connectivity index (χ3v) is 5.53. The van der Waals surface area contributed by atoms with Crippen LogP contribution < -0.4 is 5.43 Å². The summed E-state index contributed by atoms with van der Waals surface area (Å²) in [6, 6.07) is 15.3. The highest BCUT2D eigenvalue weighted by atomic mass is 79.9. The molecule has 0 bridgehead atoms. The van der Waals surface area contributed by atoms with Crippen LogP contribution in [0.2, 0.25) is 0 Å². The number of methoxy groups -OCH3 is 1. The van der Waals surface area contributed by atoms with Gasteiger partial charge in [-0.05, 0) is 48.2 Å². The molecule has 0 saturated carbocycles. The molecular formula is C16H12BrN3O2S2. The molecule has 0 unspecified atom stereocenters. The van der Waals surface area contributed by atoms with Gasteiger partial charge < -0.3 is 4.74 Å². The van der Waals surface area contributed by atoms with E-state index in [2.05, 4.69) is 31.4 Å². The molecule has 3 aromatic rings. The first-order chi connectivity index (χ1) is 11.7. The summed E-state index contributed by atoms with van der Waals surface area (Å²) in [6.45, 7) is 0. The van der Waals surface area contributed by atoms with Gasteiger partial charge in [0.2, 0.25) is 5.04 Å². The van der Waals surface area contributed by atoms with Crippen LogP contribution >= 0.6 is 39.0 Å². The zero-order chi connectivity index (χ0) is 16.9. The maximum atomic E-state index is 12.0. The lowest BCUT2D eigenvalue weighted by atomic mass is 10.3. The number of nitrogens with one attached hydrogen (secondary N) is 1. The minimum Gasteiger partial charge on any atom is -0.464 e. The number of fused-ring (bicyclic) bond motifs is 1. The standard InChI is InChI=1S/C16H12BrN3O2S2/c1-22-15(21)14(20-19-11-8-6-10(17)7-9-11)24-16-18-12-4-2-3-5-13(12)23-16/h2-9,19H,1H3. The van der Waals surface area contributed by atoms with Gasteiger partial charge in [0.05, 0.1) is 23.0 Å². The van der Waals surface area contributed by atoms with E-state index in [4.69, 9.17) is 4.74 Å². The number of benzene rings is 2. The third kappa shape index (κ3) is 4.14. The van der Waals surface area contributed by atoms with Crippen LogP contribution in [0.4, 0.5) is 5.69 Å². The van der Waals surface area contributed by atoms with Crippen molar-refractivity contribution in [1.29, 1.82) is 0 Å². The molecule has 8 heteroatoms. The fourth-order valence-electron chi connectivity index (χ4n) is 1.81. The second kappa shape index (κ2) is 7.78. The maximum Gasteiger partial charge on any atom is 0.365 e. The Morgan fingerprint density at radius 1 is 1.25 bits per heavy atom. The van der Waals surface area contributed by atoms with E-state index in [1.54, 1.807) is 0 Å². The first kappa shape index (κ1) is 16.9. The Morgan fingerprint density at radius 3 is 2.71 bits per heavy atom. The molecule has 0 aliphatic carbocycles. The molecular weight excluding hydrogens is 410 g/mol. The van der Waals surface area contributed by atoms with Gasteiger partial charge in [-0.1, -0.05) is 28.1 Å². The number of hydrogen-bond donors (Lipinski definition) is 1. The van der Waals surface area contributed by atoms with Gasteiger partial charge in [0.1, 0.15) is 0 Å². The van der Waals surface area contributed by atoms with Crippen LogP contribution in [-0.2, 0) is 9.53 Å². The number of ether oxygens (including phenoxy) is 1. The van der Waals surface area contributed by atoms with E-state index in [9.17, 15) is 4.79 Å². The van der Waals surface area contributed by atoms with E-state index in [0.29, 0.717) is 0 Å². The molecule has 0 fully saturated rings. The second-order valence-corrected chi connectivity index (χ2v) is 7.76. The van der Waals surface area contributed by atoms with Crippen LogP contribution in [0.1, 0.15) is 0 Å². The summed E-state index contributed by atoms with van der Waals surface area (Å²) in [5.41, 5.74) is 4.53. The summed E-state index contributed by atoms with van der Waals surface area (Å²) < 4.78 is 7.57. The van der Waals surface area contributed by atoms with E-state index in [0.717, 1.165) is 24.7 Å². The first-order valence-corrected chi connectivity index (χ1v) is 9.29. The molecule has 0 amide bonds. The van der Waals surface area contributed by atoms with Crippen molar-refractivity contribution in [3.63, 3.8) is 0 Å². The molecule has 0 aliphatic rings. The number of aromatic nitrogens is 1. The predicted octanol–water partition coefficient (Wildman–Crippen LogP) is 4.75. The SMILES string of the molecule is COC(=O)C(=NNc1ccc(Br)cc1)Sc1nc2ccccc2s1. The number of halogens is 1. The van der Waals surface area contributed by atoms with Gasteiger partial charge in [0, 0.05) is 4.47 Å². The highest BCUT2D eigenvalue weighted by Crippen LogP contribution is 2.30. The number of hydrazone groups is 1. The number of hydrogen-bond acceptors (Lipinski definition) is 7. The van der Waals surface area contributed by atoms with Gasteiger partial charge in [-0.3, -0.25) is 5.43 Å². The quantitative estimate of drug-likeness (QED) is 0.217. The predicted molar refractivity (Wildman–Crippen MR) is 103 cm³/mol. The molecule has 0 aliphatic heterocycles. The van der Waals surface area contributed by atoms with Crippen molar-refractivity contribution in [2.24, 2.45) is 5.10 Å². The minimum absolute atomic E-state index is 0.194. The van der Waals surface area contributed by atoms with Gasteiger partial charge in [0.25, 0.3) is 0 Å². The topological polar surface area (TPSA) is 63.6 Å². The van der Waals surface area contributed by atoms with Crippen LogP contribution in [0.25, 0.3) is 10.2 Å². The number of thioether (sulfide) groups is 1. The number of thiazole rings is 1. The average molecular weight is 422 g/mol. The van der Waals surface area contributed by atoms with Crippen molar-refractivity contribution in [3.8, 4) is 0 Å². The minimum atomic E-state index is -0.510. The second-order valence-electron chi connectivity index (χ2n) is 4.58. The van der Waals surface area contributed by atoms with Crippen LogP contribution in [0.3, 0.4) is 0 Å². The van der Waals surface area contributed by atoms with E-state index < -0.39 is 5.97 Å². The number of nitrogens with zero attached hydrogens (tertiary/aromatic N) is 2. The Labute approximate surface area is 155 Å². The van der Waals surface area contributed by atoms with Gasteiger partial charge in [0.15, 0.2) is 4.34 Å². The summed E-state index contributed by atoms with van der Waals surface area (Å²) in [6.07, 6.45) is 0. The monoisotopic (exact) mass is 421 g/mol. The lowest BCUT2D eigenvalue weighted by Gasteiger charge is -2.04. The molecule has 3 rings (SSSR count). The normalized spacial score (nSPS) is 11.5. The van der Waals surface area contributed by atoms with E-state index in [1.165, 1.54) is 30.2 Å². The zero-order valence-electron chi connectivity index (χ0n) is 12.5. The average Bonchev–Trinajstić information content (AvgIpc) is 3.01. The van der Waals surface area contributed by atoms with Crippen LogP contribution in [-0.4, -0.2) is 23.1 Å². The number of carbonyl (C=O) groups is 1. The fourth-order valence-corrected chi connectivity index (χ4v) is 4.02. The Hall–Kier alpha value is -1.90. The van der Waals surface area contributed by atoms with Crippen LogP contribution in [0.5, 0.6) is 0 Å². The summed E-state index contributed by atoms with van der Waals surface area (Å²) in [5, 5.41) is 4.36. The van der Waals surface area contributed by atoms with E-state index >= 15 is 0 Å². The Morgan fingerprint density at radius 2 is 2.00 bits per heavy atom. The molecule has 2 aromatic carbocycles. The molecule has 1 N–H and O–H groups in total. The highest BCUT2D eigenvalue weighted by Gasteiger charge is 2.17.